The molecule has 1 rings (SSSR count). The van der Waals surface area contributed by atoms with Crippen LogP contribution in [0.2, 0.25) is 0 Å². The first-order valence-corrected chi connectivity index (χ1v) is 3.16. The number of carbonyl (C=O) groups is 2. The van der Waals surface area contributed by atoms with Gasteiger partial charge >= 0.3 is 5.97 Å². The van der Waals surface area contributed by atoms with Crippen LogP contribution in [0.3, 0.4) is 0 Å². The average molecular weight is 164 g/mol. The summed E-state index contributed by atoms with van der Waals surface area (Å²) in [6.45, 7) is 1.26. The monoisotopic (exact) mass is 163 g/mol. The highest BCUT2D eigenvalue weighted by Gasteiger charge is 2.40. The SMILES string of the molecule is CC(=O)O[C@H]1NC(=O)[C@H]1Cl. The predicted molar refractivity (Wildman–Crippen MR) is 33.3 cm³/mol. The molecule has 0 aromatic heterocycles. The van der Waals surface area contributed by atoms with Gasteiger partial charge < -0.3 is 10.1 Å². The molecule has 0 bridgehead atoms. The molecule has 0 aromatic rings. The summed E-state index contributed by atoms with van der Waals surface area (Å²) in [5.74, 6) is -0.747. The Morgan fingerprint density at radius 2 is 2.40 bits per heavy atom. The highest BCUT2D eigenvalue weighted by molar-refractivity contribution is 6.33. The van der Waals surface area contributed by atoms with Gasteiger partial charge in [0, 0.05) is 6.92 Å². The number of carbonyl (C=O) groups excluding carboxylic acids is 2. The fourth-order valence-electron chi connectivity index (χ4n) is 0.602. The van der Waals surface area contributed by atoms with E-state index in [0.29, 0.717) is 0 Å². The number of β-lactam (4-membered cyclic amide) rings is 1. The molecular weight excluding hydrogens is 158 g/mol. The van der Waals surface area contributed by atoms with E-state index >= 15 is 0 Å². The lowest BCUT2D eigenvalue weighted by molar-refractivity contribution is -0.157. The van der Waals surface area contributed by atoms with Crippen LogP contribution in [0.15, 0.2) is 0 Å². The number of nitrogens with one attached hydrogen (secondary N) is 1. The second kappa shape index (κ2) is 2.46. The van der Waals surface area contributed by atoms with Gasteiger partial charge in [-0.25, -0.2) is 0 Å². The number of ether oxygens (including phenoxy) is 1. The van der Waals surface area contributed by atoms with Crippen LogP contribution >= 0.6 is 11.6 Å². The third-order valence-corrected chi connectivity index (χ3v) is 1.52. The van der Waals surface area contributed by atoms with Crippen molar-refractivity contribution in [3.05, 3.63) is 0 Å². The van der Waals surface area contributed by atoms with Crippen molar-refractivity contribution in [1.82, 2.24) is 5.32 Å². The molecule has 0 aromatic carbocycles. The molecule has 10 heavy (non-hydrogen) atoms. The molecule has 1 saturated heterocycles. The van der Waals surface area contributed by atoms with Crippen molar-refractivity contribution < 1.29 is 14.3 Å². The Hall–Kier alpha value is -0.770. The maximum atomic E-state index is 10.4. The molecule has 56 valence electrons. The van der Waals surface area contributed by atoms with Crippen molar-refractivity contribution in [2.24, 2.45) is 0 Å². The molecule has 4 nitrogen and oxygen atoms in total. The molecule has 0 spiro atoms. The molecule has 1 fully saturated rings. The van der Waals surface area contributed by atoms with Crippen molar-refractivity contribution in [3.8, 4) is 0 Å². The number of hydrogen-bond acceptors (Lipinski definition) is 3. The van der Waals surface area contributed by atoms with E-state index in [1.807, 2.05) is 0 Å². The number of alkyl halides is 1. The van der Waals surface area contributed by atoms with E-state index < -0.39 is 17.6 Å². The second-order valence-corrected chi connectivity index (χ2v) is 2.41. The van der Waals surface area contributed by atoms with E-state index in [-0.39, 0.29) is 5.91 Å². The van der Waals surface area contributed by atoms with Gasteiger partial charge in [-0.3, -0.25) is 9.59 Å². The number of esters is 1. The van der Waals surface area contributed by atoms with Crippen LogP contribution in [0.25, 0.3) is 0 Å². The van der Waals surface area contributed by atoms with Gasteiger partial charge in [0.25, 0.3) is 0 Å². The number of hydrogen-bond donors (Lipinski definition) is 1. The summed E-state index contributed by atoms with van der Waals surface area (Å²) in [7, 11) is 0. The van der Waals surface area contributed by atoms with Crippen LogP contribution in [-0.2, 0) is 14.3 Å². The smallest absolute Gasteiger partial charge is 0.304 e. The van der Waals surface area contributed by atoms with E-state index in [2.05, 4.69) is 10.1 Å². The third-order valence-electron chi connectivity index (χ3n) is 1.09. The normalized spacial score (nSPS) is 30.4. The van der Waals surface area contributed by atoms with Crippen LogP contribution in [-0.4, -0.2) is 23.5 Å². The van der Waals surface area contributed by atoms with Crippen molar-refractivity contribution in [2.45, 2.75) is 18.5 Å². The summed E-state index contributed by atoms with van der Waals surface area (Å²) in [6, 6.07) is 0. The molecular formula is C5H6ClNO3. The van der Waals surface area contributed by atoms with E-state index in [9.17, 15) is 9.59 Å². The third kappa shape index (κ3) is 1.21. The van der Waals surface area contributed by atoms with Crippen molar-refractivity contribution >= 4 is 23.5 Å². The largest absolute Gasteiger partial charge is 0.440 e. The summed E-state index contributed by atoms with van der Waals surface area (Å²) < 4.78 is 4.57. The molecule has 0 saturated carbocycles. The van der Waals surface area contributed by atoms with Crippen molar-refractivity contribution in [3.63, 3.8) is 0 Å². The van der Waals surface area contributed by atoms with Gasteiger partial charge in [-0.1, -0.05) is 0 Å². The number of halogens is 1. The fourth-order valence-corrected chi connectivity index (χ4v) is 0.780. The Labute approximate surface area is 62.5 Å². The summed E-state index contributed by atoms with van der Waals surface area (Å²) in [4.78, 5) is 20.7. The van der Waals surface area contributed by atoms with Crippen molar-refractivity contribution in [1.29, 1.82) is 0 Å². The Kier molecular flexibility index (Phi) is 1.80. The predicted octanol–water partition coefficient (Wildman–Crippen LogP) is -0.387. The minimum absolute atomic E-state index is 0.298. The number of amides is 1. The lowest BCUT2D eigenvalue weighted by Gasteiger charge is -2.30. The molecule has 0 unspecified atom stereocenters. The maximum Gasteiger partial charge on any atom is 0.304 e. The Morgan fingerprint density at radius 1 is 1.80 bits per heavy atom. The summed E-state index contributed by atoms with van der Waals surface area (Å²) in [6.07, 6.45) is -0.633. The average Bonchev–Trinajstić information content (AvgIpc) is 1.86. The van der Waals surface area contributed by atoms with Crippen molar-refractivity contribution in [2.75, 3.05) is 0 Å². The Balaban J connectivity index is 2.34. The standard InChI is InChI=1S/C5H6ClNO3/c1-2(8)10-5-3(6)4(9)7-5/h3,5H,1H3,(H,7,9)/t3-,5-/m1/s1. The van der Waals surface area contributed by atoms with Gasteiger partial charge in [0.1, 0.15) is 0 Å². The first kappa shape index (κ1) is 7.34. The van der Waals surface area contributed by atoms with Gasteiger partial charge in [-0.15, -0.1) is 11.6 Å². The van der Waals surface area contributed by atoms with Crippen LogP contribution in [0.1, 0.15) is 6.92 Å². The molecule has 1 heterocycles. The van der Waals surface area contributed by atoms with Crippen LogP contribution in [0, 0.1) is 0 Å². The molecule has 5 heteroatoms. The summed E-state index contributed by atoms with van der Waals surface area (Å²) in [5, 5.41) is 1.59. The molecule has 1 aliphatic rings. The zero-order valence-corrected chi connectivity index (χ0v) is 6.01. The quantitative estimate of drug-likeness (QED) is 0.326. The van der Waals surface area contributed by atoms with Gasteiger partial charge in [0.2, 0.25) is 12.1 Å². The van der Waals surface area contributed by atoms with E-state index in [1.54, 1.807) is 0 Å². The van der Waals surface area contributed by atoms with Gasteiger partial charge in [0.15, 0.2) is 5.38 Å². The Morgan fingerprint density at radius 3 is 2.70 bits per heavy atom. The molecule has 1 amide bonds. The van der Waals surface area contributed by atoms with E-state index in [0.717, 1.165) is 0 Å². The number of rotatable bonds is 1. The first-order valence-electron chi connectivity index (χ1n) is 2.73. The molecule has 1 N–H and O–H groups in total. The minimum Gasteiger partial charge on any atom is -0.440 e. The van der Waals surface area contributed by atoms with Crippen LogP contribution in [0.5, 0.6) is 0 Å². The van der Waals surface area contributed by atoms with Gasteiger partial charge in [-0.2, -0.15) is 0 Å². The molecule has 0 aliphatic carbocycles. The zero-order valence-electron chi connectivity index (χ0n) is 5.26. The first-order chi connectivity index (χ1) is 4.61. The zero-order chi connectivity index (χ0) is 7.72. The topological polar surface area (TPSA) is 55.4 Å². The summed E-state index contributed by atoms with van der Waals surface area (Å²) in [5.41, 5.74) is 0. The maximum absolute atomic E-state index is 10.4. The highest BCUT2D eigenvalue weighted by atomic mass is 35.5. The summed E-state index contributed by atoms with van der Waals surface area (Å²) >= 11 is 5.42. The Bertz CT molecular complexity index is 182. The lowest BCUT2D eigenvalue weighted by atomic mass is 10.2. The second-order valence-electron chi connectivity index (χ2n) is 1.94. The molecule has 0 radical (unpaired) electrons. The van der Waals surface area contributed by atoms with Crippen LogP contribution in [0.4, 0.5) is 0 Å². The highest BCUT2D eigenvalue weighted by Crippen LogP contribution is 2.13. The van der Waals surface area contributed by atoms with E-state index in [4.69, 9.17) is 11.6 Å². The van der Waals surface area contributed by atoms with Gasteiger partial charge in [-0.05, 0) is 0 Å². The molecule has 2 atom stereocenters. The fraction of sp³-hybridized carbons (Fsp3) is 0.600. The van der Waals surface area contributed by atoms with Crippen LogP contribution < -0.4 is 5.32 Å². The molecule has 1 aliphatic heterocycles. The van der Waals surface area contributed by atoms with E-state index in [1.165, 1.54) is 6.92 Å². The lowest BCUT2D eigenvalue weighted by Crippen LogP contribution is -2.61. The van der Waals surface area contributed by atoms with Gasteiger partial charge in [0.05, 0.1) is 0 Å². The minimum atomic E-state index is -0.719.